The summed E-state index contributed by atoms with van der Waals surface area (Å²) in [6, 6.07) is 0. The van der Waals surface area contributed by atoms with E-state index < -0.39 is 23.9 Å². The van der Waals surface area contributed by atoms with Crippen molar-refractivity contribution in [3.63, 3.8) is 0 Å². The minimum Gasteiger partial charge on any atom is -0.481 e. The molecule has 0 bridgehead atoms. The second-order valence-corrected chi connectivity index (χ2v) is 4.08. The van der Waals surface area contributed by atoms with Gasteiger partial charge in [-0.25, -0.2) is 0 Å². The van der Waals surface area contributed by atoms with Gasteiger partial charge in [0.2, 0.25) is 5.91 Å². The number of nitrogens with one attached hydrogen (secondary N) is 1. The fourth-order valence-corrected chi connectivity index (χ4v) is 2.02. The molecule has 0 radical (unpaired) electrons. The molecule has 1 amide bonds. The summed E-state index contributed by atoms with van der Waals surface area (Å²) in [5, 5.41) is 20.1. The van der Waals surface area contributed by atoms with Gasteiger partial charge in [-0.3, -0.25) is 9.59 Å². The SMILES string of the molecule is O=C(CO)NCC1(C(=O)O)CCCCC1. The molecule has 1 fully saturated rings. The van der Waals surface area contributed by atoms with Gasteiger partial charge in [0.05, 0.1) is 5.41 Å². The number of carboxylic acids is 1. The molecule has 1 aliphatic carbocycles. The molecule has 5 heteroatoms. The van der Waals surface area contributed by atoms with Crippen LogP contribution in [0.1, 0.15) is 32.1 Å². The van der Waals surface area contributed by atoms with Crippen molar-refractivity contribution >= 4 is 11.9 Å². The monoisotopic (exact) mass is 215 g/mol. The first-order valence-electron chi connectivity index (χ1n) is 5.22. The maximum Gasteiger partial charge on any atom is 0.311 e. The topological polar surface area (TPSA) is 86.6 Å². The Labute approximate surface area is 88.5 Å². The minimum atomic E-state index is -0.847. The summed E-state index contributed by atoms with van der Waals surface area (Å²) in [5.74, 6) is -1.36. The lowest BCUT2D eigenvalue weighted by Crippen LogP contribution is -2.45. The zero-order chi connectivity index (χ0) is 11.3. The third-order valence-electron chi connectivity index (χ3n) is 3.03. The normalized spacial score (nSPS) is 19.5. The van der Waals surface area contributed by atoms with Crippen LogP contribution < -0.4 is 5.32 Å². The minimum absolute atomic E-state index is 0.127. The van der Waals surface area contributed by atoms with Crippen molar-refractivity contribution < 1.29 is 19.8 Å². The van der Waals surface area contributed by atoms with Crippen molar-refractivity contribution in [1.29, 1.82) is 0 Å². The molecule has 1 aliphatic rings. The molecule has 15 heavy (non-hydrogen) atoms. The average molecular weight is 215 g/mol. The molecule has 1 saturated carbocycles. The smallest absolute Gasteiger partial charge is 0.311 e. The third-order valence-corrected chi connectivity index (χ3v) is 3.03. The second-order valence-electron chi connectivity index (χ2n) is 4.08. The highest BCUT2D eigenvalue weighted by Gasteiger charge is 2.39. The molecule has 86 valence electrons. The summed E-state index contributed by atoms with van der Waals surface area (Å²) in [4.78, 5) is 22.0. The quantitative estimate of drug-likeness (QED) is 0.622. The van der Waals surface area contributed by atoms with Gasteiger partial charge in [0.15, 0.2) is 0 Å². The number of hydrogen-bond acceptors (Lipinski definition) is 3. The van der Waals surface area contributed by atoms with Crippen molar-refractivity contribution in [3.05, 3.63) is 0 Å². The Bertz CT molecular complexity index is 246. The van der Waals surface area contributed by atoms with E-state index in [1.54, 1.807) is 0 Å². The van der Waals surface area contributed by atoms with Crippen LogP contribution in [0.4, 0.5) is 0 Å². The van der Waals surface area contributed by atoms with Crippen LogP contribution in [0.25, 0.3) is 0 Å². The number of hydrogen-bond donors (Lipinski definition) is 3. The van der Waals surface area contributed by atoms with E-state index >= 15 is 0 Å². The van der Waals surface area contributed by atoms with Gasteiger partial charge in [0.25, 0.3) is 0 Å². The highest BCUT2D eigenvalue weighted by Crippen LogP contribution is 2.35. The van der Waals surface area contributed by atoms with Crippen LogP contribution in [-0.4, -0.2) is 35.2 Å². The third kappa shape index (κ3) is 2.92. The molecular formula is C10H17NO4. The van der Waals surface area contributed by atoms with E-state index in [1.807, 2.05) is 0 Å². The Morgan fingerprint density at radius 3 is 2.27 bits per heavy atom. The number of aliphatic hydroxyl groups excluding tert-OH is 1. The predicted octanol–water partition coefficient (Wildman–Crippen LogP) is 0.130. The molecule has 3 N–H and O–H groups in total. The van der Waals surface area contributed by atoms with Gasteiger partial charge in [0, 0.05) is 6.54 Å². The zero-order valence-corrected chi connectivity index (χ0v) is 8.66. The molecule has 0 heterocycles. The van der Waals surface area contributed by atoms with Crippen LogP contribution >= 0.6 is 0 Å². The molecule has 0 aromatic heterocycles. The highest BCUT2D eigenvalue weighted by atomic mass is 16.4. The number of amides is 1. The summed E-state index contributed by atoms with van der Waals surface area (Å²) >= 11 is 0. The molecule has 0 aromatic rings. The Hall–Kier alpha value is -1.10. The summed E-state index contributed by atoms with van der Waals surface area (Å²) in [7, 11) is 0. The summed E-state index contributed by atoms with van der Waals surface area (Å²) in [6.07, 6.45) is 4.05. The molecule has 0 atom stereocenters. The van der Waals surface area contributed by atoms with Crippen LogP contribution in [0.3, 0.4) is 0 Å². The fourth-order valence-electron chi connectivity index (χ4n) is 2.02. The Balaban J connectivity index is 2.57. The molecule has 0 spiro atoms. The molecular weight excluding hydrogens is 198 g/mol. The summed E-state index contributed by atoms with van der Waals surface area (Å²) < 4.78 is 0. The van der Waals surface area contributed by atoms with Gasteiger partial charge in [0.1, 0.15) is 6.61 Å². The average Bonchev–Trinajstić information content (AvgIpc) is 2.27. The van der Waals surface area contributed by atoms with E-state index in [0.717, 1.165) is 19.3 Å². The first-order valence-corrected chi connectivity index (χ1v) is 5.22. The lowest BCUT2D eigenvalue weighted by Gasteiger charge is -2.33. The number of aliphatic carboxylic acids is 1. The standard InChI is InChI=1S/C10H17NO4/c12-6-8(13)11-7-10(9(14)15)4-2-1-3-5-10/h12H,1-7H2,(H,11,13)(H,14,15). The first-order chi connectivity index (χ1) is 7.10. The lowest BCUT2D eigenvalue weighted by molar-refractivity contribution is -0.151. The Kier molecular flexibility index (Phi) is 4.08. The number of aliphatic hydroxyl groups is 1. The van der Waals surface area contributed by atoms with E-state index in [2.05, 4.69) is 5.32 Å². The van der Waals surface area contributed by atoms with Crippen LogP contribution in [0.15, 0.2) is 0 Å². The van der Waals surface area contributed by atoms with E-state index in [1.165, 1.54) is 0 Å². The van der Waals surface area contributed by atoms with Gasteiger partial charge in [-0.2, -0.15) is 0 Å². The Morgan fingerprint density at radius 1 is 1.20 bits per heavy atom. The largest absolute Gasteiger partial charge is 0.481 e. The van der Waals surface area contributed by atoms with Crippen molar-refractivity contribution in [2.45, 2.75) is 32.1 Å². The molecule has 5 nitrogen and oxygen atoms in total. The van der Waals surface area contributed by atoms with Crippen molar-refractivity contribution in [2.75, 3.05) is 13.2 Å². The Morgan fingerprint density at radius 2 is 1.80 bits per heavy atom. The molecule has 0 aromatic carbocycles. The predicted molar refractivity (Wildman–Crippen MR) is 53.2 cm³/mol. The summed E-state index contributed by atoms with van der Waals surface area (Å²) in [6.45, 7) is -0.461. The highest BCUT2D eigenvalue weighted by molar-refractivity contribution is 5.79. The van der Waals surface area contributed by atoms with E-state index in [-0.39, 0.29) is 6.54 Å². The molecule has 0 saturated heterocycles. The summed E-state index contributed by atoms with van der Waals surface area (Å²) in [5.41, 5.74) is -0.816. The molecule has 0 aliphatic heterocycles. The van der Waals surface area contributed by atoms with Gasteiger partial charge in [-0.15, -0.1) is 0 Å². The number of carbonyl (C=O) groups is 2. The van der Waals surface area contributed by atoms with Crippen LogP contribution in [-0.2, 0) is 9.59 Å². The number of carbonyl (C=O) groups excluding carboxylic acids is 1. The van der Waals surface area contributed by atoms with Gasteiger partial charge >= 0.3 is 5.97 Å². The van der Waals surface area contributed by atoms with Crippen LogP contribution in [0.5, 0.6) is 0 Å². The lowest BCUT2D eigenvalue weighted by atomic mass is 9.74. The molecule has 1 rings (SSSR count). The van der Waals surface area contributed by atoms with Gasteiger partial charge in [-0.1, -0.05) is 19.3 Å². The van der Waals surface area contributed by atoms with Crippen molar-refractivity contribution in [3.8, 4) is 0 Å². The second kappa shape index (κ2) is 5.11. The van der Waals surface area contributed by atoms with Crippen molar-refractivity contribution in [2.24, 2.45) is 5.41 Å². The molecule has 0 unspecified atom stereocenters. The van der Waals surface area contributed by atoms with E-state index in [0.29, 0.717) is 12.8 Å². The van der Waals surface area contributed by atoms with Crippen molar-refractivity contribution in [1.82, 2.24) is 5.32 Å². The fraction of sp³-hybridized carbons (Fsp3) is 0.800. The van der Waals surface area contributed by atoms with Gasteiger partial charge < -0.3 is 15.5 Å². The van der Waals surface area contributed by atoms with E-state index in [4.69, 9.17) is 10.2 Å². The van der Waals surface area contributed by atoms with Crippen LogP contribution in [0.2, 0.25) is 0 Å². The maximum absolute atomic E-state index is 11.2. The number of carboxylic acid groups (broad SMARTS) is 1. The zero-order valence-electron chi connectivity index (χ0n) is 8.66. The van der Waals surface area contributed by atoms with Crippen LogP contribution in [0, 0.1) is 5.41 Å². The van der Waals surface area contributed by atoms with Gasteiger partial charge in [-0.05, 0) is 12.8 Å². The first kappa shape index (κ1) is 12.0. The maximum atomic E-state index is 11.2. The number of rotatable bonds is 4. The van der Waals surface area contributed by atoms with E-state index in [9.17, 15) is 9.59 Å².